The zero-order valence-corrected chi connectivity index (χ0v) is 18.6. The van der Waals surface area contributed by atoms with Crippen LogP contribution in [0, 0.1) is 0 Å². The molecule has 0 saturated heterocycles. The summed E-state index contributed by atoms with van der Waals surface area (Å²) in [5.74, 6) is -1.13. The van der Waals surface area contributed by atoms with Crippen molar-refractivity contribution in [1.29, 1.82) is 0 Å². The highest BCUT2D eigenvalue weighted by atomic mass is 79.9. The van der Waals surface area contributed by atoms with E-state index in [2.05, 4.69) is 26.1 Å². The number of oxime groups is 1. The minimum atomic E-state index is -0.602. The first-order chi connectivity index (χ1) is 16.0. The van der Waals surface area contributed by atoms with E-state index in [-0.39, 0.29) is 28.9 Å². The number of aromatic nitrogens is 2. The summed E-state index contributed by atoms with van der Waals surface area (Å²) in [6.45, 7) is -0.236. The van der Waals surface area contributed by atoms with Gasteiger partial charge < -0.3 is 4.84 Å². The third kappa shape index (κ3) is 3.72. The molecule has 33 heavy (non-hydrogen) atoms. The fourth-order valence-electron chi connectivity index (χ4n) is 3.57. The van der Waals surface area contributed by atoms with Gasteiger partial charge in [0.15, 0.2) is 12.4 Å². The van der Waals surface area contributed by atoms with Gasteiger partial charge in [-0.2, -0.15) is 9.69 Å². The van der Waals surface area contributed by atoms with Crippen LogP contribution in [-0.2, 0) is 11.4 Å². The number of hydrogen-bond donors (Lipinski definition) is 0. The summed E-state index contributed by atoms with van der Waals surface area (Å²) >= 11 is 3.37. The quantitative estimate of drug-likeness (QED) is 0.236. The van der Waals surface area contributed by atoms with E-state index in [1.165, 1.54) is 6.21 Å². The van der Waals surface area contributed by atoms with Crippen molar-refractivity contribution >= 4 is 44.9 Å². The van der Waals surface area contributed by atoms with Gasteiger partial charge in [0.2, 0.25) is 0 Å². The summed E-state index contributed by atoms with van der Waals surface area (Å²) in [5, 5.41) is 5.02. The molecule has 0 aliphatic carbocycles. The summed E-state index contributed by atoms with van der Waals surface area (Å²) in [5.41, 5.74) is 1.13. The molecule has 8 nitrogen and oxygen atoms in total. The number of halogens is 1. The van der Waals surface area contributed by atoms with Crippen LogP contribution in [0.1, 0.15) is 32.1 Å². The number of benzene rings is 3. The Bertz CT molecular complexity index is 1460. The Morgan fingerprint density at radius 2 is 1.52 bits per heavy atom. The van der Waals surface area contributed by atoms with E-state index in [1.807, 2.05) is 24.3 Å². The van der Waals surface area contributed by atoms with Gasteiger partial charge in [-0.25, -0.2) is 4.98 Å². The van der Waals surface area contributed by atoms with Crippen LogP contribution in [0.15, 0.2) is 87.2 Å². The van der Waals surface area contributed by atoms with Crippen molar-refractivity contribution in [2.24, 2.45) is 5.16 Å². The van der Waals surface area contributed by atoms with E-state index < -0.39 is 17.4 Å². The second-order valence-corrected chi connectivity index (χ2v) is 8.11. The molecule has 1 aliphatic heterocycles. The Kier molecular flexibility index (Phi) is 5.31. The number of imide groups is 1. The van der Waals surface area contributed by atoms with Gasteiger partial charge in [0.05, 0.1) is 28.2 Å². The summed E-state index contributed by atoms with van der Waals surface area (Å²) < 4.78 is 1.91. The molecule has 0 spiro atoms. The van der Waals surface area contributed by atoms with Gasteiger partial charge >= 0.3 is 0 Å². The summed E-state index contributed by atoms with van der Waals surface area (Å²) in [6.07, 6.45) is 1.51. The van der Waals surface area contributed by atoms with Crippen molar-refractivity contribution < 1.29 is 14.4 Å². The van der Waals surface area contributed by atoms with Crippen molar-refractivity contribution in [2.45, 2.75) is 6.61 Å². The monoisotopic (exact) mass is 502 g/mol. The molecule has 0 saturated carbocycles. The van der Waals surface area contributed by atoms with Gasteiger partial charge in [-0.05, 0) is 42.0 Å². The third-order valence-electron chi connectivity index (χ3n) is 5.13. The van der Waals surface area contributed by atoms with Gasteiger partial charge in [0, 0.05) is 4.47 Å². The predicted molar refractivity (Wildman–Crippen MR) is 126 cm³/mol. The van der Waals surface area contributed by atoms with Crippen molar-refractivity contribution in [2.75, 3.05) is 5.01 Å². The summed E-state index contributed by atoms with van der Waals surface area (Å²) in [6, 6.07) is 20.6. The van der Waals surface area contributed by atoms with Crippen LogP contribution in [0.2, 0.25) is 0 Å². The van der Waals surface area contributed by atoms with Crippen LogP contribution in [0.3, 0.4) is 0 Å². The fraction of sp³-hybridized carbons (Fsp3) is 0.0417. The Morgan fingerprint density at radius 1 is 0.879 bits per heavy atom. The molecule has 0 unspecified atom stereocenters. The van der Waals surface area contributed by atoms with Crippen LogP contribution < -0.4 is 10.6 Å². The lowest BCUT2D eigenvalue weighted by atomic mass is 10.1. The summed E-state index contributed by atoms with van der Waals surface area (Å²) in [4.78, 5) is 49.3. The van der Waals surface area contributed by atoms with Gasteiger partial charge in [-0.3, -0.25) is 14.4 Å². The van der Waals surface area contributed by atoms with E-state index in [4.69, 9.17) is 4.84 Å². The minimum Gasteiger partial charge on any atom is -0.388 e. The van der Waals surface area contributed by atoms with Crippen molar-refractivity contribution in [3.05, 3.63) is 110 Å². The smallest absolute Gasteiger partial charge is 0.281 e. The number of hydrogen-bond acceptors (Lipinski definition) is 6. The molecule has 0 radical (unpaired) electrons. The Hall–Kier alpha value is -4.11. The van der Waals surface area contributed by atoms with Crippen LogP contribution in [0.5, 0.6) is 0 Å². The highest BCUT2D eigenvalue weighted by Crippen LogP contribution is 2.22. The molecule has 2 amide bonds. The van der Waals surface area contributed by atoms with Gasteiger partial charge in [-0.15, -0.1) is 0 Å². The van der Waals surface area contributed by atoms with Gasteiger partial charge in [-0.1, -0.05) is 57.5 Å². The van der Waals surface area contributed by atoms with Gasteiger partial charge in [0.25, 0.3) is 17.4 Å². The molecule has 5 rings (SSSR count). The lowest BCUT2D eigenvalue weighted by molar-refractivity contribution is 0.0866. The number of nitrogens with zero attached hydrogens (tertiary/aromatic N) is 4. The Balaban J connectivity index is 1.54. The first kappa shape index (κ1) is 20.8. The summed E-state index contributed by atoms with van der Waals surface area (Å²) in [7, 11) is 0. The van der Waals surface area contributed by atoms with Crippen molar-refractivity contribution in [1.82, 2.24) is 9.66 Å². The molecule has 2 heterocycles. The van der Waals surface area contributed by atoms with Crippen LogP contribution in [0.4, 0.5) is 0 Å². The first-order valence-corrected chi connectivity index (χ1v) is 10.7. The molecule has 9 heteroatoms. The molecule has 0 N–H and O–H groups in total. The Labute approximate surface area is 195 Å². The normalized spacial score (nSPS) is 13.2. The molecule has 0 bridgehead atoms. The standard InChI is InChI=1S/C24H15BrN4O4/c25-16-11-9-15(10-12-16)13-26-33-14-21-27-20-8-4-3-7-19(20)24(32)28(21)29-22(30)17-5-1-2-6-18(17)23(29)31/h1-13H,14H2. The number of carbonyl (C=O) groups is 2. The topological polar surface area (TPSA) is 93.9 Å². The van der Waals surface area contributed by atoms with Crippen molar-refractivity contribution in [3.63, 3.8) is 0 Å². The second-order valence-electron chi connectivity index (χ2n) is 7.19. The molecule has 0 atom stereocenters. The first-order valence-electron chi connectivity index (χ1n) is 9.94. The maximum absolute atomic E-state index is 13.3. The molecule has 1 aromatic heterocycles. The van der Waals surface area contributed by atoms with E-state index in [0.29, 0.717) is 5.52 Å². The fourth-order valence-corrected chi connectivity index (χ4v) is 3.83. The molecule has 162 valence electrons. The average Bonchev–Trinajstić information content (AvgIpc) is 3.08. The molecule has 1 aliphatic rings. The van der Waals surface area contributed by atoms with E-state index in [0.717, 1.165) is 19.7 Å². The maximum atomic E-state index is 13.3. The number of fused-ring (bicyclic) bond motifs is 2. The van der Waals surface area contributed by atoms with Gasteiger partial charge in [0.1, 0.15) is 0 Å². The number of carbonyl (C=O) groups excluding carboxylic acids is 2. The minimum absolute atomic E-state index is 0.0705. The average molecular weight is 503 g/mol. The highest BCUT2D eigenvalue weighted by Gasteiger charge is 2.38. The molecule has 0 fully saturated rings. The molecule has 3 aromatic carbocycles. The zero-order valence-electron chi connectivity index (χ0n) is 17.0. The predicted octanol–water partition coefficient (Wildman–Crippen LogP) is 3.64. The van der Waals surface area contributed by atoms with Crippen LogP contribution in [0.25, 0.3) is 10.9 Å². The van der Waals surface area contributed by atoms with E-state index in [1.54, 1.807) is 48.5 Å². The second kappa shape index (κ2) is 8.44. The van der Waals surface area contributed by atoms with E-state index >= 15 is 0 Å². The zero-order chi connectivity index (χ0) is 22.9. The van der Waals surface area contributed by atoms with Crippen molar-refractivity contribution in [3.8, 4) is 0 Å². The largest absolute Gasteiger partial charge is 0.388 e. The lowest BCUT2D eigenvalue weighted by Gasteiger charge is -2.20. The lowest BCUT2D eigenvalue weighted by Crippen LogP contribution is -2.48. The number of rotatable bonds is 5. The van der Waals surface area contributed by atoms with Crippen LogP contribution >= 0.6 is 15.9 Å². The third-order valence-corrected chi connectivity index (χ3v) is 5.66. The van der Waals surface area contributed by atoms with Crippen LogP contribution in [-0.4, -0.2) is 27.7 Å². The molecular weight excluding hydrogens is 488 g/mol. The molecule has 4 aromatic rings. The SMILES string of the molecule is O=C1c2ccccc2C(=O)N1n1c(CON=Cc2ccc(Br)cc2)nc2ccccc2c1=O. The maximum Gasteiger partial charge on any atom is 0.281 e. The Morgan fingerprint density at radius 3 is 2.21 bits per heavy atom. The number of para-hydroxylation sites is 1. The molecular formula is C24H15BrN4O4. The highest BCUT2D eigenvalue weighted by molar-refractivity contribution is 9.10. The van der Waals surface area contributed by atoms with E-state index in [9.17, 15) is 14.4 Å². The number of amides is 2.